The Morgan fingerprint density at radius 3 is 3.18 bits per heavy atom. The lowest BCUT2D eigenvalue weighted by molar-refractivity contribution is 0.624. The first kappa shape index (κ1) is 6.61. The Balaban J connectivity index is 2.58. The van der Waals surface area contributed by atoms with Gasteiger partial charge >= 0.3 is 0 Å². The standard InChI is InChI=1S/C8H10N2O/c11-8-2-4-10-7-5-9-3-1-6(7)8/h2,4,9H,1,3,5H2,(H,10,11). The summed E-state index contributed by atoms with van der Waals surface area (Å²) in [5.41, 5.74) is 2.16. The SMILES string of the molecule is O=c1cc[nH]c2c1CCNC2. The second kappa shape index (κ2) is 2.51. The third-order valence-corrected chi connectivity index (χ3v) is 2.01. The molecule has 2 N–H and O–H groups in total. The van der Waals surface area contributed by atoms with Crippen molar-refractivity contribution < 1.29 is 0 Å². The first-order valence-electron chi connectivity index (χ1n) is 3.78. The molecule has 1 aromatic heterocycles. The van der Waals surface area contributed by atoms with Crippen molar-refractivity contribution in [3.05, 3.63) is 33.7 Å². The summed E-state index contributed by atoms with van der Waals surface area (Å²) in [7, 11) is 0. The van der Waals surface area contributed by atoms with E-state index in [1.807, 2.05) is 0 Å². The van der Waals surface area contributed by atoms with Crippen molar-refractivity contribution in [2.45, 2.75) is 13.0 Å². The molecule has 0 amide bonds. The zero-order chi connectivity index (χ0) is 7.68. The molecule has 0 aromatic carbocycles. The highest BCUT2D eigenvalue weighted by Gasteiger charge is 2.10. The summed E-state index contributed by atoms with van der Waals surface area (Å²) in [6.45, 7) is 1.71. The number of rotatable bonds is 0. The Hall–Kier alpha value is -1.09. The van der Waals surface area contributed by atoms with Crippen LogP contribution in [0, 0.1) is 0 Å². The average molecular weight is 150 g/mol. The van der Waals surface area contributed by atoms with Crippen molar-refractivity contribution in [2.75, 3.05) is 6.54 Å². The lowest BCUT2D eigenvalue weighted by Crippen LogP contribution is -2.29. The van der Waals surface area contributed by atoms with Crippen LogP contribution in [0.2, 0.25) is 0 Å². The van der Waals surface area contributed by atoms with Crippen molar-refractivity contribution in [3.8, 4) is 0 Å². The second-order valence-corrected chi connectivity index (χ2v) is 2.73. The molecule has 0 bridgehead atoms. The molecule has 0 saturated heterocycles. The molecule has 0 unspecified atom stereocenters. The Labute approximate surface area is 64.5 Å². The van der Waals surface area contributed by atoms with E-state index >= 15 is 0 Å². The van der Waals surface area contributed by atoms with Crippen LogP contribution in [-0.2, 0) is 13.0 Å². The smallest absolute Gasteiger partial charge is 0.185 e. The zero-order valence-electron chi connectivity index (χ0n) is 6.18. The molecule has 1 aliphatic rings. The predicted molar refractivity (Wildman–Crippen MR) is 42.5 cm³/mol. The van der Waals surface area contributed by atoms with E-state index in [0.717, 1.165) is 30.8 Å². The maximum absolute atomic E-state index is 11.2. The van der Waals surface area contributed by atoms with E-state index in [0.29, 0.717) is 0 Å². The number of hydrogen-bond donors (Lipinski definition) is 2. The highest BCUT2D eigenvalue weighted by atomic mass is 16.1. The minimum Gasteiger partial charge on any atom is -0.363 e. The van der Waals surface area contributed by atoms with E-state index in [1.54, 1.807) is 12.3 Å². The van der Waals surface area contributed by atoms with Gasteiger partial charge in [0.05, 0.1) is 0 Å². The lowest BCUT2D eigenvalue weighted by Gasteiger charge is -2.14. The molecule has 1 aliphatic heterocycles. The zero-order valence-corrected chi connectivity index (χ0v) is 6.18. The minimum atomic E-state index is 0.167. The van der Waals surface area contributed by atoms with Crippen molar-refractivity contribution in [1.82, 2.24) is 10.3 Å². The van der Waals surface area contributed by atoms with E-state index in [2.05, 4.69) is 10.3 Å². The Bertz CT molecular complexity index is 316. The topological polar surface area (TPSA) is 44.9 Å². The maximum atomic E-state index is 11.2. The van der Waals surface area contributed by atoms with Gasteiger partial charge in [-0.25, -0.2) is 0 Å². The van der Waals surface area contributed by atoms with E-state index in [-0.39, 0.29) is 5.43 Å². The van der Waals surface area contributed by atoms with Crippen LogP contribution in [0.25, 0.3) is 0 Å². The summed E-state index contributed by atoms with van der Waals surface area (Å²) < 4.78 is 0. The molecule has 0 saturated carbocycles. The fraction of sp³-hybridized carbons (Fsp3) is 0.375. The molecule has 3 heteroatoms. The summed E-state index contributed by atoms with van der Waals surface area (Å²) in [6, 6.07) is 1.59. The quantitative estimate of drug-likeness (QED) is 0.547. The fourth-order valence-corrected chi connectivity index (χ4v) is 1.41. The molecule has 11 heavy (non-hydrogen) atoms. The van der Waals surface area contributed by atoms with Gasteiger partial charge in [-0.1, -0.05) is 0 Å². The van der Waals surface area contributed by atoms with Crippen molar-refractivity contribution >= 4 is 0 Å². The first-order valence-corrected chi connectivity index (χ1v) is 3.78. The van der Waals surface area contributed by atoms with Crippen LogP contribution in [0.3, 0.4) is 0 Å². The van der Waals surface area contributed by atoms with Gasteiger partial charge in [0.2, 0.25) is 0 Å². The molecule has 0 radical (unpaired) electrons. The van der Waals surface area contributed by atoms with Crippen LogP contribution in [0.5, 0.6) is 0 Å². The fourth-order valence-electron chi connectivity index (χ4n) is 1.41. The second-order valence-electron chi connectivity index (χ2n) is 2.73. The molecule has 0 spiro atoms. The number of hydrogen-bond acceptors (Lipinski definition) is 2. The third kappa shape index (κ3) is 1.07. The predicted octanol–water partition coefficient (Wildman–Crippen LogP) is 0.0206. The summed E-state index contributed by atoms with van der Waals surface area (Å²) in [5.74, 6) is 0. The molecule has 3 nitrogen and oxygen atoms in total. The van der Waals surface area contributed by atoms with Crippen molar-refractivity contribution in [3.63, 3.8) is 0 Å². The van der Waals surface area contributed by atoms with Gasteiger partial charge in [0.25, 0.3) is 0 Å². The van der Waals surface area contributed by atoms with Gasteiger partial charge in [0.1, 0.15) is 0 Å². The summed E-state index contributed by atoms with van der Waals surface area (Å²) >= 11 is 0. The van der Waals surface area contributed by atoms with Gasteiger partial charge in [-0.05, 0) is 13.0 Å². The Morgan fingerprint density at radius 2 is 2.36 bits per heavy atom. The molecule has 2 rings (SSSR count). The largest absolute Gasteiger partial charge is 0.363 e. The summed E-state index contributed by atoms with van der Waals surface area (Å²) in [4.78, 5) is 14.3. The summed E-state index contributed by atoms with van der Waals surface area (Å²) in [5, 5.41) is 3.20. The normalized spacial score (nSPS) is 16.0. The van der Waals surface area contributed by atoms with Crippen molar-refractivity contribution in [2.24, 2.45) is 0 Å². The minimum absolute atomic E-state index is 0.167. The molecule has 0 fully saturated rings. The Morgan fingerprint density at radius 1 is 1.45 bits per heavy atom. The molecule has 58 valence electrons. The van der Waals surface area contributed by atoms with Gasteiger partial charge in [-0.15, -0.1) is 0 Å². The summed E-state index contributed by atoms with van der Waals surface area (Å²) in [6.07, 6.45) is 2.56. The highest BCUT2D eigenvalue weighted by Crippen LogP contribution is 2.04. The number of H-pyrrole nitrogens is 1. The number of nitrogens with one attached hydrogen (secondary N) is 2. The van der Waals surface area contributed by atoms with Gasteiger partial charge < -0.3 is 10.3 Å². The number of fused-ring (bicyclic) bond motifs is 1. The van der Waals surface area contributed by atoms with Gasteiger partial charge in [-0.3, -0.25) is 4.79 Å². The van der Waals surface area contributed by atoms with Crippen LogP contribution in [0.15, 0.2) is 17.1 Å². The molecular weight excluding hydrogens is 140 g/mol. The van der Waals surface area contributed by atoms with E-state index in [9.17, 15) is 4.79 Å². The first-order chi connectivity index (χ1) is 5.38. The molecule has 2 heterocycles. The third-order valence-electron chi connectivity index (χ3n) is 2.01. The van der Waals surface area contributed by atoms with Crippen LogP contribution < -0.4 is 10.7 Å². The number of aromatic nitrogens is 1. The van der Waals surface area contributed by atoms with Gasteiger partial charge in [0.15, 0.2) is 5.43 Å². The molecule has 1 aromatic rings. The van der Waals surface area contributed by atoms with E-state index in [4.69, 9.17) is 0 Å². The van der Waals surface area contributed by atoms with Crippen LogP contribution >= 0.6 is 0 Å². The van der Waals surface area contributed by atoms with E-state index in [1.165, 1.54) is 0 Å². The van der Waals surface area contributed by atoms with Gasteiger partial charge in [0, 0.05) is 30.1 Å². The van der Waals surface area contributed by atoms with Crippen molar-refractivity contribution in [1.29, 1.82) is 0 Å². The number of aromatic amines is 1. The number of pyridine rings is 1. The lowest BCUT2D eigenvalue weighted by atomic mass is 10.1. The highest BCUT2D eigenvalue weighted by molar-refractivity contribution is 5.22. The monoisotopic (exact) mass is 150 g/mol. The molecule has 0 aliphatic carbocycles. The molecule has 0 atom stereocenters. The van der Waals surface area contributed by atoms with Crippen LogP contribution in [0.1, 0.15) is 11.3 Å². The Kier molecular flexibility index (Phi) is 1.51. The maximum Gasteiger partial charge on any atom is 0.185 e. The molecular formula is C8H10N2O. The van der Waals surface area contributed by atoms with Gasteiger partial charge in [-0.2, -0.15) is 0 Å². The van der Waals surface area contributed by atoms with E-state index < -0.39 is 0 Å². The van der Waals surface area contributed by atoms with Crippen LogP contribution in [0.4, 0.5) is 0 Å². The average Bonchev–Trinajstić information content (AvgIpc) is 2.06. The van der Waals surface area contributed by atoms with Crippen LogP contribution in [-0.4, -0.2) is 11.5 Å².